The smallest absolute Gasteiger partial charge is 0.270 e. The second-order valence-electron chi connectivity index (χ2n) is 4.22. The Morgan fingerprint density at radius 2 is 1.40 bits per heavy atom. The Balaban J connectivity index is 4.77. The fraction of sp³-hybridized carbons (Fsp3) is 1.00. The van der Waals surface area contributed by atoms with Gasteiger partial charge in [-0.1, -0.05) is 46.5 Å². The molecule has 0 fully saturated rings. The van der Waals surface area contributed by atoms with E-state index in [1.165, 1.54) is 0 Å². The minimum Gasteiger partial charge on any atom is -0.285 e. The standard InChI is InChI=1S/C11H24O3S/c1-4-7-9-11(6-3,10-8-5-2)15(12,13)14/h4-10H2,1-3H3,(H,12,13,14). The molecule has 0 aromatic rings. The first-order chi connectivity index (χ1) is 6.93. The van der Waals surface area contributed by atoms with Crippen molar-refractivity contribution < 1.29 is 13.0 Å². The Morgan fingerprint density at radius 3 is 1.60 bits per heavy atom. The van der Waals surface area contributed by atoms with Gasteiger partial charge >= 0.3 is 0 Å². The summed E-state index contributed by atoms with van der Waals surface area (Å²) in [6.07, 6.45) is 5.31. The summed E-state index contributed by atoms with van der Waals surface area (Å²) in [5.74, 6) is 0. The van der Waals surface area contributed by atoms with Gasteiger partial charge in [-0.15, -0.1) is 0 Å². The molecule has 0 spiro atoms. The molecule has 4 heteroatoms. The van der Waals surface area contributed by atoms with E-state index in [2.05, 4.69) is 0 Å². The van der Waals surface area contributed by atoms with E-state index in [9.17, 15) is 13.0 Å². The maximum Gasteiger partial charge on any atom is 0.270 e. The fourth-order valence-electron chi connectivity index (χ4n) is 1.92. The van der Waals surface area contributed by atoms with Gasteiger partial charge in [-0.05, 0) is 19.3 Å². The summed E-state index contributed by atoms with van der Waals surface area (Å²) in [6.45, 7) is 5.91. The normalized spacial score (nSPS) is 13.1. The van der Waals surface area contributed by atoms with Crippen molar-refractivity contribution in [2.45, 2.75) is 70.5 Å². The summed E-state index contributed by atoms with van der Waals surface area (Å²) in [5.41, 5.74) is 0. The third-order valence-electron chi connectivity index (χ3n) is 3.16. The summed E-state index contributed by atoms with van der Waals surface area (Å²) in [7, 11) is -3.92. The van der Waals surface area contributed by atoms with Crippen molar-refractivity contribution in [2.75, 3.05) is 0 Å². The highest BCUT2D eigenvalue weighted by Crippen LogP contribution is 2.32. The zero-order valence-electron chi connectivity index (χ0n) is 10.1. The predicted molar refractivity (Wildman–Crippen MR) is 63.6 cm³/mol. The van der Waals surface area contributed by atoms with Crippen molar-refractivity contribution in [1.29, 1.82) is 0 Å². The minimum atomic E-state index is -3.92. The van der Waals surface area contributed by atoms with Crippen LogP contribution in [0.25, 0.3) is 0 Å². The molecule has 0 saturated carbocycles. The van der Waals surface area contributed by atoms with E-state index >= 15 is 0 Å². The Bertz CT molecular complexity index is 249. The molecule has 0 atom stereocenters. The van der Waals surface area contributed by atoms with Crippen LogP contribution in [0, 0.1) is 0 Å². The van der Waals surface area contributed by atoms with E-state index in [1.807, 2.05) is 20.8 Å². The molecule has 0 saturated heterocycles. The second-order valence-corrected chi connectivity index (χ2v) is 6.03. The van der Waals surface area contributed by atoms with Gasteiger partial charge in [-0.25, -0.2) is 0 Å². The van der Waals surface area contributed by atoms with Crippen LogP contribution in [-0.2, 0) is 10.1 Å². The molecule has 0 aliphatic heterocycles. The average molecular weight is 236 g/mol. The summed E-state index contributed by atoms with van der Waals surface area (Å²) >= 11 is 0. The highest BCUT2D eigenvalue weighted by Gasteiger charge is 2.39. The zero-order chi connectivity index (χ0) is 11.9. The van der Waals surface area contributed by atoms with E-state index in [-0.39, 0.29) is 0 Å². The molecule has 0 amide bonds. The highest BCUT2D eigenvalue weighted by atomic mass is 32.2. The molecule has 0 bridgehead atoms. The third kappa shape index (κ3) is 4.11. The summed E-state index contributed by atoms with van der Waals surface area (Å²) < 4.78 is 31.4. The molecule has 0 aliphatic rings. The van der Waals surface area contributed by atoms with Crippen LogP contribution in [0.3, 0.4) is 0 Å². The molecule has 3 nitrogen and oxygen atoms in total. The first-order valence-electron chi connectivity index (χ1n) is 5.90. The first kappa shape index (κ1) is 14.9. The lowest BCUT2D eigenvalue weighted by Gasteiger charge is -2.29. The molecular formula is C11H24O3S. The maximum absolute atomic E-state index is 11.5. The fourth-order valence-corrected chi connectivity index (χ4v) is 3.09. The molecule has 0 unspecified atom stereocenters. The van der Waals surface area contributed by atoms with Gasteiger partial charge < -0.3 is 0 Å². The SMILES string of the molecule is CCCCC(CC)(CCCC)S(=O)(=O)O. The average Bonchev–Trinajstić information content (AvgIpc) is 2.17. The van der Waals surface area contributed by atoms with Crippen molar-refractivity contribution in [3.63, 3.8) is 0 Å². The van der Waals surface area contributed by atoms with Gasteiger partial charge in [0.25, 0.3) is 10.1 Å². The number of unbranched alkanes of at least 4 members (excludes halogenated alkanes) is 2. The Labute approximate surface area is 94.0 Å². The van der Waals surface area contributed by atoms with E-state index in [4.69, 9.17) is 0 Å². The third-order valence-corrected chi connectivity index (χ3v) is 4.95. The van der Waals surface area contributed by atoms with Gasteiger partial charge in [0.05, 0.1) is 4.75 Å². The molecule has 0 rings (SSSR count). The van der Waals surface area contributed by atoms with Gasteiger partial charge in [0, 0.05) is 0 Å². The van der Waals surface area contributed by atoms with Crippen molar-refractivity contribution in [3.05, 3.63) is 0 Å². The van der Waals surface area contributed by atoms with Gasteiger partial charge in [-0.3, -0.25) is 4.55 Å². The Hall–Kier alpha value is -0.0900. The maximum atomic E-state index is 11.5. The number of hydrogen-bond donors (Lipinski definition) is 1. The van der Waals surface area contributed by atoms with Crippen molar-refractivity contribution in [3.8, 4) is 0 Å². The van der Waals surface area contributed by atoms with Gasteiger partial charge in [0.15, 0.2) is 0 Å². The van der Waals surface area contributed by atoms with Crippen LogP contribution in [0.4, 0.5) is 0 Å². The lowest BCUT2D eigenvalue weighted by molar-refractivity contribution is 0.368. The molecule has 92 valence electrons. The van der Waals surface area contributed by atoms with Crippen molar-refractivity contribution in [2.24, 2.45) is 0 Å². The Morgan fingerprint density at radius 1 is 1.00 bits per heavy atom. The van der Waals surface area contributed by atoms with Crippen LogP contribution in [0.2, 0.25) is 0 Å². The van der Waals surface area contributed by atoms with E-state index in [0.29, 0.717) is 19.3 Å². The molecule has 0 radical (unpaired) electrons. The zero-order valence-corrected chi connectivity index (χ0v) is 10.9. The van der Waals surface area contributed by atoms with Crippen molar-refractivity contribution >= 4 is 10.1 Å². The molecule has 0 aromatic heterocycles. The van der Waals surface area contributed by atoms with E-state index in [0.717, 1.165) is 25.7 Å². The quantitative estimate of drug-likeness (QED) is 0.657. The van der Waals surface area contributed by atoms with Crippen LogP contribution in [0.1, 0.15) is 65.7 Å². The molecule has 1 N–H and O–H groups in total. The number of hydrogen-bond acceptors (Lipinski definition) is 2. The highest BCUT2D eigenvalue weighted by molar-refractivity contribution is 7.87. The molecule has 0 heterocycles. The van der Waals surface area contributed by atoms with Crippen molar-refractivity contribution in [1.82, 2.24) is 0 Å². The topological polar surface area (TPSA) is 54.4 Å². The van der Waals surface area contributed by atoms with Crippen LogP contribution in [0.15, 0.2) is 0 Å². The molecular weight excluding hydrogens is 212 g/mol. The van der Waals surface area contributed by atoms with Crippen LogP contribution in [0.5, 0.6) is 0 Å². The number of rotatable bonds is 8. The van der Waals surface area contributed by atoms with Crippen LogP contribution in [-0.4, -0.2) is 17.7 Å². The largest absolute Gasteiger partial charge is 0.285 e. The molecule has 0 aliphatic carbocycles. The first-order valence-corrected chi connectivity index (χ1v) is 7.34. The predicted octanol–water partition coefficient (Wildman–Crippen LogP) is 3.40. The second kappa shape index (κ2) is 6.48. The molecule has 15 heavy (non-hydrogen) atoms. The summed E-state index contributed by atoms with van der Waals surface area (Å²) in [5, 5.41) is 0. The van der Waals surface area contributed by atoms with E-state index in [1.54, 1.807) is 0 Å². The summed E-state index contributed by atoms with van der Waals surface area (Å²) in [6, 6.07) is 0. The van der Waals surface area contributed by atoms with Gasteiger partial charge in [0.1, 0.15) is 0 Å². The lowest BCUT2D eigenvalue weighted by Crippen LogP contribution is -2.37. The van der Waals surface area contributed by atoms with Crippen LogP contribution < -0.4 is 0 Å². The summed E-state index contributed by atoms with van der Waals surface area (Å²) in [4.78, 5) is 0. The van der Waals surface area contributed by atoms with Gasteiger partial charge in [-0.2, -0.15) is 8.42 Å². The van der Waals surface area contributed by atoms with E-state index < -0.39 is 14.9 Å². The molecule has 0 aromatic carbocycles. The van der Waals surface area contributed by atoms with Crippen LogP contribution >= 0.6 is 0 Å². The monoisotopic (exact) mass is 236 g/mol. The minimum absolute atomic E-state index is 0.506. The van der Waals surface area contributed by atoms with Gasteiger partial charge in [0.2, 0.25) is 0 Å². The lowest BCUT2D eigenvalue weighted by atomic mass is 9.92. The Kier molecular flexibility index (Phi) is 6.44.